The molecule has 0 spiro atoms. The topological polar surface area (TPSA) is 78.5 Å². The molecule has 2 aromatic rings. The van der Waals surface area contributed by atoms with Crippen molar-refractivity contribution in [2.45, 2.75) is 29.9 Å². The van der Waals surface area contributed by atoms with Gasteiger partial charge in [0.1, 0.15) is 24.3 Å². The van der Waals surface area contributed by atoms with Crippen molar-refractivity contribution < 1.29 is 14.2 Å². The minimum absolute atomic E-state index is 0.123. The highest BCUT2D eigenvalue weighted by Crippen LogP contribution is 2.52. The molecule has 0 N–H and O–H groups in total. The zero-order valence-corrected chi connectivity index (χ0v) is 16.9. The lowest BCUT2D eigenvalue weighted by Gasteiger charge is -2.32. The Kier molecular flexibility index (Phi) is 6.43. The molecule has 0 amide bonds. The van der Waals surface area contributed by atoms with Crippen LogP contribution in [0, 0.1) is 22.7 Å². The van der Waals surface area contributed by atoms with Crippen LogP contribution in [0.1, 0.15) is 25.0 Å². The number of hydrogen-bond acceptors (Lipinski definition) is 7. The Morgan fingerprint density at radius 2 is 1.79 bits per heavy atom. The number of anilines is 2. The standard InChI is InChI=1S/C21H21N3O3S/c1-4-25-19(26-5-2)13-27-21-15(12-23)14(11-22)10-18-20(21)24(3)16-8-6-7-9-17(16)28-18/h6-10,19H,4-5,13H2,1-3H3. The van der Waals surface area contributed by atoms with E-state index in [1.807, 2.05) is 50.1 Å². The van der Waals surface area contributed by atoms with Gasteiger partial charge in [-0.2, -0.15) is 10.5 Å². The summed E-state index contributed by atoms with van der Waals surface area (Å²) in [5.41, 5.74) is 2.30. The molecule has 0 saturated heterocycles. The molecule has 3 rings (SSSR count). The molecule has 1 heterocycles. The molecule has 2 aromatic carbocycles. The fourth-order valence-electron chi connectivity index (χ4n) is 3.09. The Bertz CT molecular complexity index is 943. The summed E-state index contributed by atoms with van der Waals surface area (Å²) in [7, 11) is 1.93. The lowest BCUT2D eigenvalue weighted by atomic mass is 10.1. The van der Waals surface area contributed by atoms with E-state index in [0.29, 0.717) is 24.5 Å². The molecule has 0 atom stereocenters. The largest absolute Gasteiger partial charge is 0.485 e. The molecule has 0 saturated carbocycles. The molecule has 0 radical (unpaired) electrons. The number of ether oxygens (including phenoxy) is 3. The van der Waals surface area contributed by atoms with Crippen molar-refractivity contribution in [2.24, 2.45) is 0 Å². The van der Waals surface area contributed by atoms with Crippen molar-refractivity contribution in [3.63, 3.8) is 0 Å². The Balaban J connectivity index is 2.06. The minimum Gasteiger partial charge on any atom is -0.485 e. The van der Waals surface area contributed by atoms with Crippen LogP contribution in [0.25, 0.3) is 0 Å². The normalized spacial score (nSPS) is 12.1. The lowest BCUT2D eigenvalue weighted by Crippen LogP contribution is -2.26. The molecule has 0 aromatic heterocycles. The van der Waals surface area contributed by atoms with Gasteiger partial charge in [0.05, 0.1) is 16.9 Å². The van der Waals surface area contributed by atoms with Crippen molar-refractivity contribution in [3.05, 3.63) is 41.5 Å². The fraction of sp³-hybridized carbons (Fsp3) is 0.333. The van der Waals surface area contributed by atoms with E-state index in [0.717, 1.165) is 21.2 Å². The maximum atomic E-state index is 9.72. The van der Waals surface area contributed by atoms with Gasteiger partial charge in [-0.1, -0.05) is 23.9 Å². The Labute approximate surface area is 169 Å². The van der Waals surface area contributed by atoms with Crippen LogP contribution in [0.2, 0.25) is 0 Å². The van der Waals surface area contributed by atoms with Gasteiger partial charge >= 0.3 is 0 Å². The molecule has 0 fully saturated rings. The van der Waals surface area contributed by atoms with Crippen LogP contribution in [0.3, 0.4) is 0 Å². The van der Waals surface area contributed by atoms with Crippen LogP contribution < -0.4 is 9.64 Å². The summed E-state index contributed by atoms with van der Waals surface area (Å²) >= 11 is 1.56. The van der Waals surface area contributed by atoms with Crippen molar-refractivity contribution >= 4 is 23.1 Å². The molecule has 6 nitrogen and oxygen atoms in total. The summed E-state index contributed by atoms with van der Waals surface area (Å²) in [6.07, 6.45) is -0.545. The molecule has 1 aliphatic heterocycles. The van der Waals surface area contributed by atoms with E-state index in [-0.39, 0.29) is 12.2 Å². The molecule has 0 unspecified atom stereocenters. The van der Waals surface area contributed by atoms with Crippen molar-refractivity contribution in [1.82, 2.24) is 0 Å². The summed E-state index contributed by atoms with van der Waals surface area (Å²) in [6, 6.07) is 14.0. The van der Waals surface area contributed by atoms with Gasteiger partial charge in [-0.15, -0.1) is 0 Å². The minimum atomic E-state index is -0.545. The number of para-hydroxylation sites is 1. The van der Waals surface area contributed by atoms with Crippen LogP contribution in [0.15, 0.2) is 40.1 Å². The summed E-state index contributed by atoms with van der Waals surface area (Å²) < 4.78 is 17.1. The molecular weight excluding hydrogens is 374 g/mol. The van der Waals surface area contributed by atoms with Gasteiger partial charge in [0.2, 0.25) is 0 Å². The summed E-state index contributed by atoms with van der Waals surface area (Å²) in [5, 5.41) is 19.3. The third-order valence-electron chi connectivity index (χ3n) is 4.30. The Morgan fingerprint density at radius 3 is 2.43 bits per heavy atom. The first kappa shape index (κ1) is 20.0. The first-order chi connectivity index (χ1) is 13.6. The highest BCUT2D eigenvalue weighted by Gasteiger charge is 2.29. The van der Waals surface area contributed by atoms with Crippen LogP contribution in [0.5, 0.6) is 5.75 Å². The second-order valence-electron chi connectivity index (χ2n) is 5.98. The van der Waals surface area contributed by atoms with E-state index in [2.05, 4.69) is 12.1 Å². The fourth-order valence-corrected chi connectivity index (χ4v) is 4.28. The third kappa shape index (κ3) is 3.79. The average Bonchev–Trinajstić information content (AvgIpc) is 2.71. The molecule has 7 heteroatoms. The van der Waals surface area contributed by atoms with Crippen molar-refractivity contribution in [2.75, 3.05) is 31.8 Å². The number of fused-ring (bicyclic) bond motifs is 2. The Hall–Kier alpha value is -2.71. The number of benzene rings is 2. The van der Waals surface area contributed by atoms with Gasteiger partial charge in [-0.3, -0.25) is 0 Å². The average molecular weight is 395 g/mol. The van der Waals surface area contributed by atoms with Crippen LogP contribution in [-0.2, 0) is 9.47 Å². The number of nitrogens with zero attached hydrogens (tertiary/aromatic N) is 3. The van der Waals surface area contributed by atoms with Crippen LogP contribution >= 0.6 is 11.8 Å². The summed E-state index contributed by atoms with van der Waals surface area (Å²) in [5.74, 6) is 0.380. The van der Waals surface area contributed by atoms with E-state index in [4.69, 9.17) is 14.2 Å². The molecule has 0 bridgehead atoms. The van der Waals surface area contributed by atoms with E-state index in [1.165, 1.54) is 0 Å². The quantitative estimate of drug-likeness (QED) is 0.641. The van der Waals surface area contributed by atoms with Crippen LogP contribution in [-0.4, -0.2) is 33.2 Å². The maximum absolute atomic E-state index is 9.72. The molecule has 144 valence electrons. The van der Waals surface area contributed by atoms with Gasteiger partial charge in [0.25, 0.3) is 0 Å². The smallest absolute Gasteiger partial charge is 0.191 e. The second-order valence-corrected chi connectivity index (χ2v) is 7.06. The lowest BCUT2D eigenvalue weighted by molar-refractivity contribution is -0.152. The molecule has 0 aliphatic carbocycles. The maximum Gasteiger partial charge on any atom is 0.191 e. The monoisotopic (exact) mass is 395 g/mol. The number of hydrogen-bond donors (Lipinski definition) is 0. The van der Waals surface area contributed by atoms with Crippen molar-refractivity contribution in [1.29, 1.82) is 10.5 Å². The van der Waals surface area contributed by atoms with Crippen molar-refractivity contribution in [3.8, 4) is 17.9 Å². The zero-order valence-electron chi connectivity index (χ0n) is 16.1. The van der Waals surface area contributed by atoms with Gasteiger partial charge in [0.15, 0.2) is 12.0 Å². The highest BCUT2D eigenvalue weighted by atomic mass is 32.2. The summed E-state index contributed by atoms with van der Waals surface area (Å²) in [4.78, 5) is 3.95. The van der Waals surface area contributed by atoms with Gasteiger partial charge < -0.3 is 19.1 Å². The molecular formula is C21H21N3O3S. The first-order valence-corrected chi connectivity index (χ1v) is 9.84. The van der Waals surface area contributed by atoms with Gasteiger partial charge in [0, 0.05) is 30.1 Å². The van der Waals surface area contributed by atoms with Gasteiger partial charge in [-0.25, -0.2) is 0 Å². The van der Waals surface area contributed by atoms with E-state index >= 15 is 0 Å². The zero-order chi connectivity index (χ0) is 20.1. The Morgan fingerprint density at radius 1 is 1.07 bits per heavy atom. The van der Waals surface area contributed by atoms with E-state index < -0.39 is 6.29 Å². The highest BCUT2D eigenvalue weighted by molar-refractivity contribution is 7.99. The number of rotatable bonds is 7. The molecule has 28 heavy (non-hydrogen) atoms. The van der Waals surface area contributed by atoms with Crippen LogP contribution in [0.4, 0.5) is 11.4 Å². The predicted molar refractivity (Wildman–Crippen MR) is 107 cm³/mol. The van der Waals surface area contributed by atoms with E-state index in [1.54, 1.807) is 17.8 Å². The predicted octanol–water partition coefficient (Wildman–Crippen LogP) is 4.44. The number of nitriles is 2. The second kappa shape index (κ2) is 8.99. The van der Waals surface area contributed by atoms with Gasteiger partial charge in [-0.05, 0) is 32.0 Å². The summed E-state index contributed by atoms with van der Waals surface area (Å²) in [6.45, 7) is 4.85. The third-order valence-corrected chi connectivity index (χ3v) is 5.40. The molecule has 1 aliphatic rings. The van der Waals surface area contributed by atoms with E-state index in [9.17, 15) is 10.5 Å². The SMILES string of the molecule is CCOC(COc1c(C#N)c(C#N)cc2c1N(C)c1ccccc1S2)OCC. The first-order valence-electron chi connectivity index (χ1n) is 9.02.